The zero-order valence-corrected chi connectivity index (χ0v) is 23.4. The van der Waals surface area contributed by atoms with Crippen molar-refractivity contribution in [2.45, 2.75) is 31.8 Å². The molecule has 7 nitrogen and oxygen atoms in total. The molecule has 0 saturated carbocycles. The number of aliphatic hydroxyl groups excluding tert-OH is 1. The number of benzene rings is 2. The van der Waals surface area contributed by atoms with Crippen LogP contribution in [0.25, 0.3) is 28.2 Å². The summed E-state index contributed by atoms with van der Waals surface area (Å²) in [7, 11) is 0. The molecule has 0 aliphatic heterocycles. The normalized spacial score (nSPS) is 13.6. The highest BCUT2D eigenvalue weighted by Gasteiger charge is 2.32. The number of aromatic amines is 1. The molecule has 1 unspecified atom stereocenters. The number of halogens is 4. The maximum atomic E-state index is 13.5. The summed E-state index contributed by atoms with van der Waals surface area (Å²) < 4.78 is 41.3. The molecular formula is C30H26BrF3N6O. The Labute approximate surface area is 242 Å². The molecule has 0 saturated heterocycles. The van der Waals surface area contributed by atoms with Crippen molar-refractivity contribution in [1.29, 1.82) is 0 Å². The van der Waals surface area contributed by atoms with Crippen LogP contribution in [-0.4, -0.2) is 25.3 Å². The number of fused-ring (bicyclic) bond motifs is 1. The summed E-state index contributed by atoms with van der Waals surface area (Å²) in [5.41, 5.74) is 9.52. The fourth-order valence-electron chi connectivity index (χ4n) is 4.40. The van der Waals surface area contributed by atoms with E-state index in [4.69, 9.17) is 5.73 Å². The van der Waals surface area contributed by atoms with E-state index in [9.17, 15) is 18.3 Å². The summed E-state index contributed by atoms with van der Waals surface area (Å²) in [6, 6.07) is 17.8. The minimum Gasteiger partial charge on any atom is -0.384 e. The highest BCUT2D eigenvalue weighted by Crippen LogP contribution is 2.32. The van der Waals surface area contributed by atoms with Crippen LogP contribution in [0.2, 0.25) is 0 Å². The number of hydrogen-bond donors (Lipinski definition) is 4. The average Bonchev–Trinajstić information content (AvgIpc) is 3.33. The van der Waals surface area contributed by atoms with Crippen LogP contribution in [0, 0.1) is 0 Å². The summed E-state index contributed by atoms with van der Waals surface area (Å²) in [6.07, 6.45) is 0.473. The molecule has 0 bridgehead atoms. The van der Waals surface area contributed by atoms with E-state index in [1.54, 1.807) is 18.3 Å². The summed E-state index contributed by atoms with van der Waals surface area (Å²) in [6.45, 7) is 1.82. The van der Waals surface area contributed by atoms with Crippen molar-refractivity contribution >= 4 is 38.9 Å². The van der Waals surface area contributed by atoms with Gasteiger partial charge in [0.2, 0.25) is 0 Å². The van der Waals surface area contributed by atoms with Gasteiger partial charge in [-0.2, -0.15) is 18.3 Å². The summed E-state index contributed by atoms with van der Waals surface area (Å²) in [5.74, 6) is 0.454. The van der Waals surface area contributed by atoms with Crippen molar-refractivity contribution in [3.63, 3.8) is 0 Å². The largest absolute Gasteiger partial charge is 0.417 e. The summed E-state index contributed by atoms with van der Waals surface area (Å²) in [5, 5.41) is 21.4. The van der Waals surface area contributed by atoms with Crippen molar-refractivity contribution in [1.82, 2.24) is 25.5 Å². The number of aliphatic hydroxyl groups is 1. The van der Waals surface area contributed by atoms with Crippen molar-refractivity contribution in [2.75, 3.05) is 5.73 Å². The lowest BCUT2D eigenvalue weighted by atomic mass is 10.0. The first-order chi connectivity index (χ1) is 19.6. The van der Waals surface area contributed by atoms with Gasteiger partial charge in [0, 0.05) is 34.0 Å². The molecule has 3 heterocycles. The summed E-state index contributed by atoms with van der Waals surface area (Å²) >= 11 is 3.38. The molecule has 0 fully saturated rings. The van der Waals surface area contributed by atoms with E-state index in [1.165, 1.54) is 0 Å². The lowest BCUT2D eigenvalue weighted by Gasteiger charge is -2.22. The van der Waals surface area contributed by atoms with Crippen LogP contribution in [0.3, 0.4) is 0 Å². The first-order valence-electron chi connectivity index (χ1n) is 12.7. The molecule has 11 heteroatoms. The quantitative estimate of drug-likeness (QED) is 0.139. The highest BCUT2D eigenvalue weighted by molar-refractivity contribution is 9.10. The van der Waals surface area contributed by atoms with Gasteiger partial charge in [-0.15, -0.1) is 0 Å². The minimum absolute atomic E-state index is 0.0387. The SMILES string of the molecule is C[C@H](NC(O)c1cc(C(F)(F)F)cnc1/C=C\Cc1ccc(-c2cnc3n[nH]c(N)c3c2)cc1)c1ccc(Br)cc1. The number of rotatable bonds is 8. The van der Waals surface area contributed by atoms with Crippen LogP contribution in [0.15, 0.2) is 83.6 Å². The molecule has 2 aromatic carbocycles. The number of alkyl halides is 3. The van der Waals surface area contributed by atoms with E-state index < -0.39 is 18.0 Å². The van der Waals surface area contributed by atoms with Gasteiger partial charge in [0.05, 0.1) is 16.6 Å². The molecular weight excluding hydrogens is 597 g/mol. The van der Waals surface area contributed by atoms with Crippen LogP contribution >= 0.6 is 15.9 Å². The van der Waals surface area contributed by atoms with Gasteiger partial charge < -0.3 is 10.8 Å². The van der Waals surface area contributed by atoms with Crippen molar-refractivity contribution in [3.05, 3.63) is 112 Å². The molecule has 5 aromatic rings. The molecule has 0 amide bonds. The smallest absolute Gasteiger partial charge is 0.384 e. The van der Waals surface area contributed by atoms with Crippen molar-refractivity contribution in [3.8, 4) is 11.1 Å². The Morgan fingerprint density at radius 3 is 2.46 bits per heavy atom. The second-order valence-corrected chi connectivity index (χ2v) is 10.5. The molecule has 0 aliphatic rings. The Kier molecular flexibility index (Phi) is 8.20. The zero-order chi connectivity index (χ0) is 29.1. The third-order valence-electron chi connectivity index (χ3n) is 6.70. The number of H-pyrrole nitrogens is 1. The second-order valence-electron chi connectivity index (χ2n) is 9.57. The van der Waals surface area contributed by atoms with E-state index in [-0.39, 0.29) is 17.3 Å². The minimum atomic E-state index is -4.59. The van der Waals surface area contributed by atoms with Gasteiger partial charge >= 0.3 is 6.18 Å². The molecule has 3 aromatic heterocycles. The van der Waals surface area contributed by atoms with Crippen LogP contribution < -0.4 is 11.1 Å². The average molecular weight is 623 g/mol. The Morgan fingerprint density at radius 2 is 1.76 bits per heavy atom. The number of nitrogens with one attached hydrogen (secondary N) is 2. The van der Waals surface area contributed by atoms with Gasteiger partial charge in [0.25, 0.3) is 0 Å². The molecule has 0 aliphatic carbocycles. The number of anilines is 1. The highest BCUT2D eigenvalue weighted by atomic mass is 79.9. The van der Waals surface area contributed by atoms with Gasteiger partial charge in [-0.05, 0) is 60.4 Å². The maximum Gasteiger partial charge on any atom is 0.417 e. The van der Waals surface area contributed by atoms with Crippen molar-refractivity contribution in [2.24, 2.45) is 0 Å². The molecule has 5 rings (SSSR count). The number of aromatic nitrogens is 4. The first-order valence-corrected chi connectivity index (χ1v) is 13.5. The van der Waals surface area contributed by atoms with E-state index in [0.717, 1.165) is 44.4 Å². The Morgan fingerprint density at radius 1 is 1.02 bits per heavy atom. The lowest BCUT2D eigenvalue weighted by Crippen LogP contribution is -2.25. The van der Waals surface area contributed by atoms with E-state index in [2.05, 4.69) is 41.4 Å². The van der Waals surface area contributed by atoms with Crippen LogP contribution in [-0.2, 0) is 12.6 Å². The van der Waals surface area contributed by atoms with Crippen LogP contribution in [0.1, 0.15) is 47.1 Å². The third kappa shape index (κ3) is 6.64. The second kappa shape index (κ2) is 11.8. The van der Waals surface area contributed by atoms with Crippen LogP contribution in [0.4, 0.5) is 19.0 Å². The van der Waals surface area contributed by atoms with Gasteiger partial charge in [0.15, 0.2) is 5.65 Å². The first kappa shape index (κ1) is 28.5. The fourth-order valence-corrected chi connectivity index (χ4v) is 4.66. The fraction of sp³-hybridized carbons (Fsp3) is 0.167. The predicted molar refractivity (Wildman–Crippen MR) is 156 cm³/mol. The van der Waals surface area contributed by atoms with Crippen molar-refractivity contribution < 1.29 is 18.3 Å². The Bertz CT molecular complexity index is 1680. The molecule has 2 atom stereocenters. The Hall–Kier alpha value is -4.06. The molecule has 5 N–H and O–H groups in total. The number of nitrogens with two attached hydrogens (primary N) is 1. The van der Waals surface area contributed by atoms with E-state index >= 15 is 0 Å². The number of nitrogens with zero attached hydrogens (tertiary/aromatic N) is 3. The molecule has 41 heavy (non-hydrogen) atoms. The third-order valence-corrected chi connectivity index (χ3v) is 7.23. The number of nitrogen functional groups attached to an aromatic ring is 1. The number of pyridine rings is 2. The molecule has 210 valence electrons. The van der Waals surface area contributed by atoms with Gasteiger partial charge in [0.1, 0.15) is 12.0 Å². The van der Waals surface area contributed by atoms with Crippen LogP contribution in [0.5, 0.6) is 0 Å². The maximum absolute atomic E-state index is 13.5. The molecule has 0 spiro atoms. The monoisotopic (exact) mass is 622 g/mol. The predicted octanol–water partition coefficient (Wildman–Crippen LogP) is 6.98. The Balaban J connectivity index is 1.33. The lowest BCUT2D eigenvalue weighted by molar-refractivity contribution is -0.137. The number of hydrogen-bond acceptors (Lipinski definition) is 6. The zero-order valence-electron chi connectivity index (χ0n) is 21.8. The van der Waals surface area contributed by atoms with E-state index in [0.29, 0.717) is 17.9 Å². The van der Waals surface area contributed by atoms with Gasteiger partial charge in [-0.25, -0.2) is 4.98 Å². The standard InChI is InChI=1S/C30H26BrF3N6O/c1-17(19-9-11-23(31)12-10-19)38-29(41)24-14-22(30(32,33)34)16-36-26(24)4-2-3-18-5-7-20(8-6-18)21-13-25-27(35)39-40-28(25)37-15-21/h2,4-17,29,38,41H,3H2,1H3,(H3,35,37,39,40)/b4-2-/t17-,29?/m0/s1. The number of allylic oxidation sites excluding steroid dienone is 1. The van der Waals surface area contributed by atoms with Gasteiger partial charge in [-0.3, -0.25) is 15.4 Å². The summed E-state index contributed by atoms with van der Waals surface area (Å²) in [4.78, 5) is 8.36. The van der Waals surface area contributed by atoms with Gasteiger partial charge in [-0.1, -0.05) is 58.4 Å². The van der Waals surface area contributed by atoms with E-state index in [1.807, 2.05) is 61.5 Å². The topological polar surface area (TPSA) is 113 Å². The molecule has 0 radical (unpaired) electrons.